The lowest BCUT2D eigenvalue weighted by Crippen LogP contribution is -2.53. The molecule has 2 amide bonds. The van der Waals surface area contributed by atoms with Crippen molar-refractivity contribution in [3.8, 4) is 5.75 Å². The minimum absolute atomic E-state index is 0.0470. The number of aromatic nitrogens is 2. The van der Waals surface area contributed by atoms with Crippen LogP contribution in [-0.4, -0.2) is 40.3 Å². The Kier molecular flexibility index (Phi) is 6.44. The van der Waals surface area contributed by atoms with E-state index in [2.05, 4.69) is 10.4 Å². The fraction of sp³-hybridized carbons (Fsp3) is 0.360. The Morgan fingerprint density at radius 3 is 2.48 bits per heavy atom. The summed E-state index contributed by atoms with van der Waals surface area (Å²) >= 11 is 0. The van der Waals surface area contributed by atoms with Crippen LogP contribution in [0.2, 0.25) is 0 Å². The lowest BCUT2D eigenvalue weighted by molar-refractivity contribution is -0.129. The second-order valence-electron chi connectivity index (χ2n) is 8.19. The summed E-state index contributed by atoms with van der Waals surface area (Å²) in [6.07, 6.45) is 0.779. The number of fused-ring (bicyclic) bond motifs is 2. The average Bonchev–Trinajstić information content (AvgIpc) is 2.84. The van der Waals surface area contributed by atoms with Gasteiger partial charge in [-0.05, 0) is 38.0 Å². The van der Waals surface area contributed by atoms with Crippen molar-refractivity contribution >= 4 is 28.3 Å². The van der Waals surface area contributed by atoms with Gasteiger partial charge in [0.05, 0.1) is 23.3 Å². The zero-order valence-corrected chi connectivity index (χ0v) is 19.1. The Labute approximate surface area is 192 Å². The zero-order chi connectivity index (χ0) is 23.5. The molecule has 0 radical (unpaired) electrons. The van der Waals surface area contributed by atoms with Gasteiger partial charge in [-0.25, -0.2) is 4.68 Å². The van der Waals surface area contributed by atoms with Gasteiger partial charge in [0.2, 0.25) is 5.91 Å². The van der Waals surface area contributed by atoms with Crippen molar-refractivity contribution in [3.05, 3.63) is 64.6 Å². The summed E-state index contributed by atoms with van der Waals surface area (Å²) in [5, 5.41) is 8.63. The van der Waals surface area contributed by atoms with Crippen molar-refractivity contribution in [2.75, 3.05) is 11.4 Å². The third-order valence-corrected chi connectivity index (χ3v) is 6.04. The Morgan fingerprint density at radius 2 is 1.76 bits per heavy atom. The van der Waals surface area contributed by atoms with Crippen LogP contribution in [-0.2, 0) is 16.1 Å². The summed E-state index contributed by atoms with van der Waals surface area (Å²) in [5.41, 5.74) is 0.913. The minimum atomic E-state index is -0.840. The molecular weight excluding hydrogens is 420 g/mol. The molecule has 0 saturated heterocycles. The number of aryl methyl sites for hydroxylation is 1. The van der Waals surface area contributed by atoms with Crippen molar-refractivity contribution in [1.29, 1.82) is 0 Å². The highest BCUT2D eigenvalue weighted by Crippen LogP contribution is 2.33. The highest BCUT2D eigenvalue weighted by atomic mass is 16.5. The lowest BCUT2D eigenvalue weighted by atomic mass is 10.1. The van der Waals surface area contributed by atoms with Crippen molar-refractivity contribution in [2.45, 2.75) is 52.3 Å². The van der Waals surface area contributed by atoms with Crippen LogP contribution in [0.25, 0.3) is 10.8 Å². The number of rotatable bonds is 6. The van der Waals surface area contributed by atoms with Crippen molar-refractivity contribution in [2.24, 2.45) is 0 Å². The van der Waals surface area contributed by atoms with E-state index in [1.165, 1.54) is 9.58 Å². The van der Waals surface area contributed by atoms with E-state index in [0.717, 1.165) is 18.2 Å². The molecule has 8 nitrogen and oxygen atoms in total. The molecule has 0 fully saturated rings. The van der Waals surface area contributed by atoms with E-state index in [-0.39, 0.29) is 36.5 Å². The molecule has 0 bridgehead atoms. The third-order valence-electron chi connectivity index (χ3n) is 6.04. The Balaban J connectivity index is 1.63. The molecule has 1 aliphatic rings. The summed E-state index contributed by atoms with van der Waals surface area (Å²) in [4.78, 5) is 40.7. The van der Waals surface area contributed by atoms with Crippen LogP contribution in [0.5, 0.6) is 5.75 Å². The van der Waals surface area contributed by atoms with E-state index in [4.69, 9.17) is 4.74 Å². The van der Waals surface area contributed by atoms with Crippen LogP contribution in [0.1, 0.15) is 32.4 Å². The first-order valence-corrected chi connectivity index (χ1v) is 11.3. The van der Waals surface area contributed by atoms with Crippen molar-refractivity contribution < 1.29 is 14.3 Å². The molecule has 0 spiro atoms. The molecule has 2 heterocycles. The molecule has 2 aromatic carbocycles. The van der Waals surface area contributed by atoms with Gasteiger partial charge in [-0.3, -0.25) is 14.4 Å². The first kappa shape index (κ1) is 22.5. The fourth-order valence-corrected chi connectivity index (χ4v) is 4.12. The summed E-state index contributed by atoms with van der Waals surface area (Å²) in [6, 6.07) is 14.4. The highest BCUT2D eigenvalue weighted by Gasteiger charge is 2.34. The first-order chi connectivity index (χ1) is 15.9. The Morgan fingerprint density at radius 1 is 1.09 bits per heavy atom. The molecule has 172 valence electrons. The second kappa shape index (κ2) is 9.44. The predicted octanol–water partition coefficient (Wildman–Crippen LogP) is 2.80. The van der Waals surface area contributed by atoms with Gasteiger partial charge in [-0.15, -0.1) is 0 Å². The summed E-state index contributed by atoms with van der Waals surface area (Å²) < 4.78 is 7.12. The molecule has 1 aromatic heterocycles. The highest BCUT2D eigenvalue weighted by molar-refractivity contribution is 5.97. The number of benzene rings is 2. The first-order valence-electron chi connectivity index (χ1n) is 11.3. The molecule has 1 atom stereocenters. The number of hydrogen-bond acceptors (Lipinski definition) is 5. The number of hydrogen-bond donors (Lipinski definition) is 1. The number of amides is 2. The number of carbonyl (C=O) groups excluding carboxylic acids is 2. The van der Waals surface area contributed by atoms with Crippen LogP contribution in [0.15, 0.2) is 53.3 Å². The maximum atomic E-state index is 13.4. The van der Waals surface area contributed by atoms with Gasteiger partial charge in [0.25, 0.3) is 11.5 Å². The number of para-hydroxylation sites is 2. The van der Waals surface area contributed by atoms with E-state index in [0.29, 0.717) is 22.5 Å². The van der Waals surface area contributed by atoms with Gasteiger partial charge in [0.1, 0.15) is 12.3 Å². The van der Waals surface area contributed by atoms with Crippen LogP contribution < -0.4 is 20.5 Å². The van der Waals surface area contributed by atoms with Gasteiger partial charge in [0.15, 0.2) is 6.10 Å². The molecule has 8 heteroatoms. The fourth-order valence-electron chi connectivity index (χ4n) is 4.12. The predicted molar refractivity (Wildman–Crippen MR) is 126 cm³/mol. The van der Waals surface area contributed by atoms with Gasteiger partial charge < -0.3 is 15.0 Å². The SMILES string of the molecule is CCC(CC)NC(=O)C1CN(C(=O)Cn2nc(C)c3ccccc3c2=O)c2ccccc2O1. The molecule has 1 aliphatic heterocycles. The van der Waals surface area contributed by atoms with E-state index >= 15 is 0 Å². The zero-order valence-electron chi connectivity index (χ0n) is 19.1. The number of ether oxygens (including phenoxy) is 1. The van der Waals surface area contributed by atoms with Crippen LogP contribution in [0, 0.1) is 6.92 Å². The summed E-state index contributed by atoms with van der Waals surface area (Å²) in [6.45, 7) is 5.66. The van der Waals surface area contributed by atoms with Crippen molar-refractivity contribution in [1.82, 2.24) is 15.1 Å². The number of nitrogens with zero attached hydrogens (tertiary/aromatic N) is 3. The molecule has 33 heavy (non-hydrogen) atoms. The maximum absolute atomic E-state index is 13.4. The number of anilines is 1. The monoisotopic (exact) mass is 448 g/mol. The molecule has 0 aliphatic carbocycles. The molecule has 4 rings (SSSR count). The molecule has 0 saturated carbocycles. The topological polar surface area (TPSA) is 93.5 Å². The smallest absolute Gasteiger partial charge is 0.275 e. The summed E-state index contributed by atoms with van der Waals surface area (Å²) in [5.74, 6) is -0.139. The van der Waals surface area contributed by atoms with Gasteiger partial charge in [0, 0.05) is 11.4 Å². The molecule has 1 N–H and O–H groups in total. The Bertz CT molecular complexity index is 1250. The normalized spacial score (nSPS) is 15.3. The second-order valence-corrected chi connectivity index (χ2v) is 8.19. The molecule has 1 unspecified atom stereocenters. The van der Waals surface area contributed by atoms with Crippen LogP contribution in [0.4, 0.5) is 5.69 Å². The third kappa shape index (κ3) is 4.46. The molecule has 3 aromatic rings. The van der Waals surface area contributed by atoms with E-state index in [1.54, 1.807) is 36.4 Å². The number of carbonyl (C=O) groups is 2. The van der Waals surface area contributed by atoms with E-state index < -0.39 is 6.10 Å². The van der Waals surface area contributed by atoms with Crippen LogP contribution >= 0.6 is 0 Å². The summed E-state index contributed by atoms with van der Waals surface area (Å²) in [7, 11) is 0. The van der Waals surface area contributed by atoms with E-state index in [9.17, 15) is 14.4 Å². The molecular formula is C25H28N4O4. The maximum Gasteiger partial charge on any atom is 0.275 e. The lowest BCUT2D eigenvalue weighted by Gasteiger charge is -2.34. The standard InChI is InChI=1S/C25H28N4O4/c1-4-17(5-2)26-24(31)22-14-28(20-12-8-9-13-21(20)33-22)23(30)15-29-25(32)19-11-7-6-10-18(19)16(3)27-29/h6-13,17,22H,4-5,14-15H2,1-3H3,(H,26,31). The number of nitrogens with one attached hydrogen (secondary N) is 1. The Hall–Kier alpha value is -3.68. The van der Waals surface area contributed by atoms with Gasteiger partial charge in [-0.1, -0.05) is 44.2 Å². The quantitative estimate of drug-likeness (QED) is 0.626. The average molecular weight is 449 g/mol. The minimum Gasteiger partial charge on any atom is -0.477 e. The van der Waals surface area contributed by atoms with E-state index in [1.807, 2.05) is 32.9 Å². The van der Waals surface area contributed by atoms with Gasteiger partial charge in [-0.2, -0.15) is 5.10 Å². The van der Waals surface area contributed by atoms with Gasteiger partial charge >= 0.3 is 0 Å². The van der Waals surface area contributed by atoms with Crippen molar-refractivity contribution in [3.63, 3.8) is 0 Å². The van der Waals surface area contributed by atoms with Crippen LogP contribution in [0.3, 0.4) is 0 Å². The largest absolute Gasteiger partial charge is 0.477 e.